The van der Waals surface area contributed by atoms with E-state index in [2.05, 4.69) is 28.6 Å². The van der Waals surface area contributed by atoms with Gasteiger partial charge in [0.15, 0.2) is 0 Å². The molecule has 0 aliphatic rings. The zero-order valence-corrected chi connectivity index (χ0v) is 9.67. The van der Waals surface area contributed by atoms with Gasteiger partial charge in [-0.2, -0.15) is 0 Å². The topological polar surface area (TPSA) is 30.7 Å². The van der Waals surface area contributed by atoms with Gasteiger partial charge >= 0.3 is 0 Å². The number of nitrogens with zero attached hydrogens (tertiary/aromatic N) is 3. The molecule has 0 radical (unpaired) electrons. The fraction of sp³-hybridized carbons (Fsp3) is 0.800. The molecule has 0 amide bonds. The fourth-order valence-corrected chi connectivity index (χ4v) is 1.75. The summed E-state index contributed by atoms with van der Waals surface area (Å²) in [7, 11) is 0. The smallest absolute Gasteiger partial charge is 0.148 e. The predicted octanol–water partition coefficient (Wildman–Crippen LogP) is 3.16. The van der Waals surface area contributed by atoms with E-state index in [1.165, 1.54) is 25.7 Å². The summed E-state index contributed by atoms with van der Waals surface area (Å²) >= 11 is 5.76. The summed E-state index contributed by atoms with van der Waals surface area (Å²) in [5, 5.41) is 7.84. The first-order chi connectivity index (χ1) is 6.79. The zero-order valence-electron chi connectivity index (χ0n) is 8.91. The van der Waals surface area contributed by atoms with Crippen LogP contribution in [0.3, 0.4) is 0 Å². The lowest BCUT2D eigenvalue weighted by Gasteiger charge is -2.13. The first-order valence-corrected chi connectivity index (χ1v) is 5.77. The second kappa shape index (κ2) is 6.02. The van der Waals surface area contributed by atoms with E-state index in [-0.39, 0.29) is 0 Å². The van der Waals surface area contributed by atoms with Crippen LogP contribution < -0.4 is 0 Å². The molecule has 0 fully saturated rings. The molecular weight excluding hydrogens is 198 g/mol. The molecule has 0 spiro atoms. The molecule has 0 saturated carbocycles. The molecule has 80 valence electrons. The summed E-state index contributed by atoms with van der Waals surface area (Å²) in [6.07, 6.45) is 6.77. The molecule has 0 aliphatic carbocycles. The predicted molar refractivity (Wildman–Crippen MR) is 58.4 cm³/mol. The second-order valence-corrected chi connectivity index (χ2v) is 3.90. The minimum Gasteiger partial charge on any atom is -0.314 e. The highest BCUT2D eigenvalue weighted by Gasteiger charge is 2.09. The third-order valence-electron chi connectivity index (χ3n) is 2.47. The van der Waals surface area contributed by atoms with Crippen LogP contribution in [0, 0.1) is 0 Å². The zero-order chi connectivity index (χ0) is 10.4. The van der Waals surface area contributed by atoms with Crippen molar-refractivity contribution in [3.8, 4) is 0 Å². The van der Waals surface area contributed by atoms with Gasteiger partial charge in [-0.3, -0.25) is 0 Å². The van der Waals surface area contributed by atoms with Gasteiger partial charge in [0.1, 0.15) is 12.2 Å². The third kappa shape index (κ3) is 2.98. The fourth-order valence-electron chi connectivity index (χ4n) is 1.56. The number of alkyl halides is 1. The van der Waals surface area contributed by atoms with Gasteiger partial charge in [-0.05, 0) is 13.3 Å². The summed E-state index contributed by atoms with van der Waals surface area (Å²) in [6.45, 7) is 4.41. The lowest BCUT2D eigenvalue weighted by atomic mass is 10.1. The van der Waals surface area contributed by atoms with Crippen LogP contribution in [-0.2, 0) is 5.88 Å². The highest BCUT2D eigenvalue weighted by molar-refractivity contribution is 6.16. The molecular formula is C10H18ClN3. The molecule has 1 heterocycles. The molecule has 0 saturated heterocycles. The summed E-state index contributed by atoms with van der Waals surface area (Å²) in [6, 6.07) is 0.463. The van der Waals surface area contributed by atoms with Crippen molar-refractivity contribution < 1.29 is 0 Å². The molecule has 1 aromatic heterocycles. The lowest BCUT2D eigenvalue weighted by Crippen LogP contribution is -2.07. The van der Waals surface area contributed by atoms with Crippen LogP contribution in [0.15, 0.2) is 6.33 Å². The van der Waals surface area contributed by atoms with Gasteiger partial charge in [-0.15, -0.1) is 21.8 Å². The quantitative estimate of drug-likeness (QED) is 0.539. The maximum atomic E-state index is 5.76. The number of aromatic nitrogens is 3. The number of unbranched alkanes of at least 4 members (excludes halogenated alkanes) is 2. The highest BCUT2D eigenvalue weighted by Crippen LogP contribution is 2.16. The first-order valence-electron chi connectivity index (χ1n) is 5.24. The summed E-state index contributed by atoms with van der Waals surface area (Å²) in [5.41, 5.74) is 0. The van der Waals surface area contributed by atoms with Crippen LogP contribution in [-0.4, -0.2) is 14.8 Å². The molecule has 1 rings (SSSR count). The van der Waals surface area contributed by atoms with E-state index < -0.39 is 0 Å². The maximum absolute atomic E-state index is 5.76. The summed E-state index contributed by atoms with van der Waals surface area (Å²) < 4.78 is 2.07. The van der Waals surface area contributed by atoms with E-state index in [4.69, 9.17) is 11.6 Å². The Kier molecular flexibility index (Phi) is 4.94. The van der Waals surface area contributed by atoms with E-state index in [9.17, 15) is 0 Å². The van der Waals surface area contributed by atoms with Crippen molar-refractivity contribution in [3.05, 3.63) is 12.2 Å². The lowest BCUT2D eigenvalue weighted by molar-refractivity contribution is 0.466. The largest absolute Gasteiger partial charge is 0.314 e. The number of halogens is 1. The minimum absolute atomic E-state index is 0.443. The van der Waals surface area contributed by atoms with Crippen LogP contribution in [0.5, 0.6) is 0 Å². The summed E-state index contributed by atoms with van der Waals surface area (Å²) in [5.74, 6) is 1.31. The molecule has 1 atom stereocenters. The molecule has 0 N–H and O–H groups in total. The van der Waals surface area contributed by atoms with E-state index in [1.54, 1.807) is 6.33 Å². The monoisotopic (exact) mass is 215 g/mol. The molecule has 1 aromatic rings. The molecule has 0 bridgehead atoms. The van der Waals surface area contributed by atoms with Crippen LogP contribution in [0.2, 0.25) is 0 Å². The Morgan fingerprint density at radius 2 is 2.29 bits per heavy atom. The average Bonchev–Trinajstić information content (AvgIpc) is 2.65. The van der Waals surface area contributed by atoms with E-state index in [0.29, 0.717) is 11.9 Å². The van der Waals surface area contributed by atoms with Gasteiger partial charge in [0.2, 0.25) is 0 Å². The van der Waals surface area contributed by atoms with Gasteiger partial charge in [0, 0.05) is 6.04 Å². The van der Waals surface area contributed by atoms with Crippen molar-refractivity contribution in [1.29, 1.82) is 0 Å². The highest BCUT2D eigenvalue weighted by atomic mass is 35.5. The Bertz CT molecular complexity index is 260. The Morgan fingerprint density at radius 1 is 1.50 bits per heavy atom. The normalized spacial score (nSPS) is 13.1. The standard InChI is InChI=1S/C10H18ClN3/c1-3-4-5-6-9(2)14-8-12-13-10(14)7-11/h8-9H,3-7H2,1-2H3. The van der Waals surface area contributed by atoms with E-state index >= 15 is 0 Å². The molecule has 3 nitrogen and oxygen atoms in total. The van der Waals surface area contributed by atoms with Crippen molar-refractivity contribution in [3.63, 3.8) is 0 Å². The molecule has 14 heavy (non-hydrogen) atoms. The minimum atomic E-state index is 0.443. The van der Waals surface area contributed by atoms with Crippen LogP contribution in [0.25, 0.3) is 0 Å². The van der Waals surface area contributed by atoms with Crippen LogP contribution >= 0.6 is 11.6 Å². The SMILES string of the molecule is CCCCCC(C)n1cnnc1CCl. The van der Waals surface area contributed by atoms with Crippen molar-refractivity contribution in [2.24, 2.45) is 0 Å². The van der Waals surface area contributed by atoms with Gasteiger partial charge < -0.3 is 4.57 Å². The maximum Gasteiger partial charge on any atom is 0.148 e. The molecule has 4 heteroatoms. The van der Waals surface area contributed by atoms with Gasteiger partial charge in [0.05, 0.1) is 5.88 Å². The third-order valence-corrected chi connectivity index (χ3v) is 2.71. The molecule has 0 aromatic carbocycles. The Morgan fingerprint density at radius 3 is 2.93 bits per heavy atom. The molecule has 1 unspecified atom stereocenters. The number of hydrogen-bond donors (Lipinski definition) is 0. The van der Waals surface area contributed by atoms with E-state index in [1.807, 2.05) is 0 Å². The van der Waals surface area contributed by atoms with Crippen molar-refractivity contribution in [1.82, 2.24) is 14.8 Å². The average molecular weight is 216 g/mol. The number of hydrogen-bond acceptors (Lipinski definition) is 2. The Labute approximate surface area is 90.5 Å². The second-order valence-electron chi connectivity index (χ2n) is 3.63. The molecule has 0 aliphatic heterocycles. The van der Waals surface area contributed by atoms with Gasteiger partial charge in [-0.1, -0.05) is 26.2 Å². The van der Waals surface area contributed by atoms with Crippen LogP contribution in [0.4, 0.5) is 0 Å². The van der Waals surface area contributed by atoms with Crippen molar-refractivity contribution >= 4 is 11.6 Å². The van der Waals surface area contributed by atoms with E-state index in [0.717, 1.165) is 5.82 Å². The van der Waals surface area contributed by atoms with Crippen molar-refractivity contribution in [2.45, 2.75) is 51.5 Å². The van der Waals surface area contributed by atoms with Gasteiger partial charge in [-0.25, -0.2) is 0 Å². The Hall–Kier alpha value is -0.570. The summed E-state index contributed by atoms with van der Waals surface area (Å²) in [4.78, 5) is 0. The Balaban J connectivity index is 2.47. The van der Waals surface area contributed by atoms with Gasteiger partial charge in [0.25, 0.3) is 0 Å². The first kappa shape index (κ1) is 11.5. The number of rotatable bonds is 6. The van der Waals surface area contributed by atoms with Crippen molar-refractivity contribution in [2.75, 3.05) is 0 Å². The van der Waals surface area contributed by atoms with Crippen LogP contribution in [0.1, 0.15) is 51.4 Å².